The summed E-state index contributed by atoms with van der Waals surface area (Å²) in [4.78, 5) is 9.88. The summed E-state index contributed by atoms with van der Waals surface area (Å²) in [6.45, 7) is 0. The molecule has 1 aromatic rings. The van der Waals surface area contributed by atoms with Crippen LogP contribution in [-0.2, 0) is 37.5 Å². The molecule has 0 N–H and O–H groups in total. The van der Waals surface area contributed by atoms with Gasteiger partial charge in [-0.25, -0.2) is 0 Å². The van der Waals surface area contributed by atoms with Crippen LogP contribution in [0.25, 0.3) is 0 Å². The van der Waals surface area contributed by atoms with Crippen LogP contribution in [-0.4, -0.2) is 6.29 Å². The number of rotatable bonds is 1. The van der Waals surface area contributed by atoms with E-state index in [4.69, 9.17) is 0 Å². The fourth-order valence-corrected chi connectivity index (χ4v) is 0.506. The Balaban J connectivity index is 0.000000640. The van der Waals surface area contributed by atoms with Crippen LogP contribution in [0.15, 0.2) is 30.3 Å². The van der Waals surface area contributed by atoms with Crippen LogP contribution >= 0.6 is 0 Å². The van der Waals surface area contributed by atoms with Gasteiger partial charge in [0, 0.05) is 0 Å². The summed E-state index contributed by atoms with van der Waals surface area (Å²) in [5.41, 5.74) is 0.604. The fraction of sp³-hybridized carbons (Fsp3) is 0. The van der Waals surface area contributed by atoms with Gasteiger partial charge in [0.1, 0.15) is 0 Å². The van der Waals surface area contributed by atoms with E-state index in [2.05, 4.69) is 0 Å². The van der Waals surface area contributed by atoms with Crippen molar-refractivity contribution in [3.63, 3.8) is 0 Å². The van der Waals surface area contributed by atoms with Crippen LogP contribution in [0.5, 0.6) is 0 Å². The second-order valence-corrected chi connectivity index (χ2v) is 1.47. The average Bonchev–Trinajstić information content (AvgIpc) is 1.90. The number of carbonyl (C=O) groups excluding carboxylic acids is 1. The Bertz CT molecular complexity index is 172. The second-order valence-electron chi connectivity index (χ2n) is 1.47. The summed E-state index contributed by atoms with van der Waals surface area (Å²) in [7, 11) is 0. The van der Waals surface area contributed by atoms with Gasteiger partial charge in [-0.2, -0.15) is 17.7 Å². The molecule has 1 nitrogen and oxygen atoms in total. The molecule has 9 heavy (non-hydrogen) atoms. The zero-order valence-electron chi connectivity index (χ0n) is 4.87. The van der Waals surface area contributed by atoms with E-state index < -0.39 is 0 Å². The minimum Gasteiger partial charge on any atom is -0.376 e. The zero-order valence-corrected chi connectivity index (χ0v) is 7.71. The number of hydrogen-bond acceptors (Lipinski definition) is 1. The van der Waals surface area contributed by atoms with Gasteiger partial charge in [0.25, 0.3) is 0 Å². The Labute approximate surface area is 79.3 Å². The first-order chi connectivity index (χ1) is 3.93. The van der Waals surface area contributed by atoms with Gasteiger partial charge in [0.05, 0.1) is 6.29 Å². The molecule has 0 spiro atoms. The average molecular weight is 194 g/mol. The van der Waals surface area contributed by atoms with E-state index in [1.54, 1.807) is 30.6 Å². The van der Waals surface area contributed by atoms with Crippen molar-refractivity contribution in [3.8, 4) is 0 Å². The van der Waals surface area contributed by atoms with Gasteiger partial charge < -0.3 is 4.79 Å². The Hall–Kier alpha value is -0.00610. The van der Waals surface area contributed by atoms with Gasteiger partial charge in [0.2, 0.25) is 0 Å². The van der Waals surface area contributed by atoms with Gasteiger partial charge in [-0.05, 0) is 0 Å². The first-order valence-electron chi connectivity index (χ1n) is 2.36. The maximum Gasteiger partial charge on any atom is 3.00 e. The van der Waals surface area contributed by atoms with Gasteiger partial charge >= 0.3 is 32.7 Å². The molecular weight excluding hydrogens is 189 g/mol. The minimum atomic E-state index is 0. The molecule has 0 unspecified atom stereocenters. The van der Waals surface area contributed by atoms with E-state index in [9.17, 15) is 4.79 Å². The molecule has 0 aliphatic carbocycles. The van der Waals surface area contributed by atoms with Crippen molar-refractivity contribution in [1.29, 1.82) is 0 Å². The summed E-state index contributed by atoms with van der Waals surface area (Å²) in [5.74, 6) is 0. The summed E-state index contributed by atoms with van der Waals surface area (Å²) in [5, 5.41) is 0. The first kappa shape index (κ1) is 8.99. The summed E-state index contributed by atoms with van der Waals surface area (Å²) >= 11 is 0. The van der Waals surface area contributed by atoms with E-state index in [-0.39, 0.29) is 32.7 Å². The van der Waals surface area contributed by atoms with E-state index in [1.807, 2.05) is 6.07 Å². The van der Waals surface area contributed by atoms with Crippen molar-refractivity contribution in [3.05, 3.63) is 35.9 Å². The molecule has 0 heterocycles. The van der Waals surface area contributed by atoms with Gasteiger partial charge in [0.15, 0.2) is 0 Å². The van der Waals surface area contributed by atoms with E-state index in [0.29, 0.717) is 5.56 Å². The zero-order chi connectivity index (χ0) is 5.82. The van der Waals surface area contributed by atoms with Crippen LogP contribution in [0.2, 0.25) is 0 Å². The molecule has 0 aromatic heterocycles. The molecular formula is C7H5OY+2. The quantitative estimate of drug-likeness (QED) is 0.612. The predicted molar refractivity (Wildman–Crippen MR) is 31.2 cm³/mol. The molecule has 1 rings (SSSR count). The third-order valence-corrected chi connectivity index (χ3v) is 0.892. The monoisotopic (exact) mass is 194 g/mol. The molecule has 1 aromatic carbocycles. The predicted octanol–water partition coefficient (Wildman–Crippen LogP) is 1.14. The van der Waals surface area contributed by atoms with E-state index in [1.165, 1.54) is 0 Å². The van der Waals surface area contributed by atoms with Crippen LogP contribution < -0.4 is 0 Å². The molecule has 0 amide bonds. The van der Waals surface area contributed by atoms with Crippen molar-refractivity contribution < 1.29 is 37.5 Å². The molecule has 0 aliphatic heterocycles. The van der Waals surface area contributed by atoms with Gasteiger partial charge in [-0.15, -0.1) is 12.1 Å². The SMILES string of the molecule is O=[C-]c1ccccc1.[Y+3]. The number of hydrogen-bond donors (Lipinski definition) is 0. The van der Waals surface area contributed by atoms with Crippen LogP contribution in [0.3, 0.4) is 0 Å². The Morgan fingerprint density at radius 1 is 1.11 bits per heavy atom. The van der Waals surface area contributed by atoms with Crippen LogP contribution in [0, 0.1) is 0 Å². The summed E-state index contributed by atoms with van der Waals surface area (Å²) in [6, 6.07) is 8.90. The molecule has 40 valence electrons. The van der Waals surface area contributed by atoms with Crippen molar-refractivity contribution in [2.45, 2.75) is 0 Å². The largest absolute Gasteiger partial charge is 3.00 e. The Morgan fingerprint density at radius 3 is 2.00 bits per heavy atom. The van der Waals surface area contributed by atoms with Gasteiger partial charge in [-0.1, -0.05) is 6.07 Å². The second kappa shape index (κ2) is 4.83. The summed E-state index contributed by atoms with van der Waals surface area (Å²) < 4.78 is 0. The topological polar surface area (TPSA) is 17.1 Å². The molecule has 0 radical (unpaired) electrons. The third-order valence-electron chi connectivity index (χ3n) is 0.892. The minimum absolute atomic E-state index is 0. The molecule has 0 bridgehead atoms. The molecule has 0 saturated carbocycles. The Kier molecular flexibility index (Phi) is 4.83. The van der Waals surface area contributed by atoms with Crippen molar-refractivity contribution in [2.24, 2.45) is 0 Å². The molecule has 0 aliphatic rings. The summed E-state index contributed by atoms with van der Waals surface area (Å²) in [6.07, 6.45) is 1.78. The maximum absolute atomic E-state index is 9.88. The molecule has 0 fully saturated rings. The maximum atomic E-state index is 9.88. The van der Waals surface area contributed by atoms with Crippen molar-refractivity contribution in [1.82, 2.24) is 0 Å². The third kappa shape index (κ3) is 2.88. The number of benzene rings is 1. The standard InChI is InChI=1S/C7H5O.Y/c8-6-7-4-2-1-3-5-7;/h1-5H;/q-1;+3. The molecule has 0 atom stereocenters. The smallest absolute Gasteiger partial charge is 0.376 e. The van der Waals surface area contributed by atoms with Crippen molar-refractivity contribution >= 4 is 6.29 Å². The van der Waals surface area contributed by atoms with Crippen LogP contribution in [0.4, 0.5) is 0 Å². The van der Waals surface area contributed by atoms with E-state index in [0.717, 1.165) is 0 Å². The first-order valence-corrected chi connectivity index (χ1v) is 2.36. The normalized spacial score (nSPS) is 7.56. The van der Waals surface area contributed by atoms with E-state index >= 15 is 0 Å². The molecule has 0 saturated heterocycles. The van der Waals surface area contributed by atoms with Crippen molar-refractivity contribution in [2.75, 3.05) is 0 Å². The van der Waals surface area contributed by atoms with Crippen LogP contribution in [0.1, 0.15) is 5.56 Å². The fourth-order valence-electron chi connectivity index (χ4n) is 0.506. The van der Waals surface area contributed by atoms with Gasteiger partial charge in [-0.3, -0.25) is 0 Å². The Morgan fingerprint density at radius 2 is 1.67 bits per heavy atom. The molecule has 2 heteroatoms.